The third kappa shape index (κ3) is 2.25. The molecule has 5 nitrogen and oxygen atoms in total. The molecule has 3 rings (SSSR count). The summed E-state index contributed by atoms with van der Waals surface area (Å²) in [6.45, 7) is 9.87. The smallest absolute Gasteiger partial charge is 0.407 e. The van der Waals surface area contributed by atoms with Crippen LogP contribution in [-0.2, 0) is 14.2 Å². The molecule has 1 aliphatic carbocycles. The minimum Gasteiger partial charge on any atom is -0.444 e. The lowest BCUT2D eigenvalue weighted by Gasteiger charge is -2.36. The summed E-state index contributed by atoms with van der Waals surface area (Å²) in [6, 6.07) is -0.0328. The monoisotopic (exact) mass is 267 g/mol. The maximum absolute atomic E-state index is 11.4. The van der Waals surface area contributed by atoms with Gasteiger partial charge in [-0.2, -0.15) is 0 Å². The zero-order valence-electron chi connectivity index (χ0n) is 11.6. The molecule has 3 aliphatic rings. The Balaban J connectivity index is 1.83. The van der Waals surface area contributed by atoms with Gasteiger partial charge < -0.3 is 19.5 Å². The predicted molar refractivity (Wildman–Crippen MR) is 68.6 cm³/mol. The maximum atomic E-state index is 11.4. The zero-order chi connectivity index (χ0) is 13.8. The van der Waals surface area contributed by atoms with Crippen LogP contribution >= 0.6 is 0 Å². The molecule has 19 heavy (non-hydrogen) atoms. The van der Waals surface area contributed by atoms with Crippen LogP contribution in [0.15, 0.2) is 12.2 Å². The first-order valence-electron chi connectivity index (χ1n) is 6.85. The highest BCUT2D eigenvalue weighted by molar-refractivity contribution is 5.70. The molecule has 1 amide bonds. The van der Waals surface area contributed by atoms with Crippen molar-refractivity contribution in [2.45, 2.75) is 63.8 Å². The summed E-state index contributed by atoms with van der Waals surface area (Å²) < 4.78 is 17.2. The quantitative estimate of drug-likeness (QED) is 0.738. The topological polar surface area (TPSA) is 56.8 Å². The van der Waals surface area contributed by atoms with E-state index in [0.717, 1.165) is 18.4 Å². The number of nitrogens with one attached hydrogen (secondary N) is 1. The maximum Gasteiger partial charge on any atom is 0.407 e. The summed E-state index contributed by atoms with van der Waals surface area (Å²) in [7, 11) is 0. The molecule has 0 aromatic rings. The Bertz CT molecular complexity index is 420. The van der Waals surface area contributed by atoms with E-state index >= 15 is 0 Å². The third-order valence-electron chi connectivity index (χ3n) is 4.20. The number of amides is 1. The van der Waals surface area contributed by atoms with E-state index in [1.807, 2.05) is 20.8 Å². The Labute approximate surface area is 113 Å². The number of carbonyl (C=O) groups excluding carboxylic acids is 1. The number of rotatable bonds is 1. The average molecular weight is 267 g/mol. The number of ether oxygens (including phenoxy) is 3. The second-order valence-electron chi connectivity index (χ2n) is 6.24. The summed E-state index contributed by atoms with van der Waals surface area (Å²) >= 11 is 0. The molecule has 3 fully saturated rings. The van der Waals surface area contributed by atoms with Crippen molar-refractivity contribution in [2.75, 3.05) is 0 Å². The van der Waals surface area contributed by atoms with Crippen molar-refractivity contribution >= 4 is 6.09 Å². The summed E-state index contributed by atoms with van der Waals surface area (Å²) in [5.41, 5.74) is 1.15. The van der Waals surface area contributed by atoms with Gasteiger partial charge in [-0.25, -0.2) is 4.79 Å². The fourth-order valence-corrected chi connectivity index (χ4v) is 3.52. The standard InChI is InChI=1S/C14H21NO4/c1-7-5-9(11-8(2)17-13(16)15-11)12-10(6-7)18-14(3,4)19-12/h8-12H,1,5-6H2,2-4H3,(H,15,16)/t8-,9-,10-,11+,12-/m1/s1. The van der Waals surface area contributed by atoms with E-state index in [2.05, 4.69) is 11.9 Å². The molecule has 1 N–H and O–H groups in total. The minimum atomic E-state index is -0.565. The van der Waals surface area contributed by atoms with Gasteiger partial charge in [-0.1, -0.05) is 12.2 Å². The number of fused-ring (bicyclic) bond motifs is 1. The minimum absolute atomic E-state index is 0.00468. The predicted octanol–water partition coefficient (Wildman–Crippen LogP) is 1.97. The highest BCUT2D eigenvalue weighted by atomic mass is 16.8. The van der Waals surface area contributed by atoms with Gasteiger partial charge in [0.1, 0.15) is 6.10 Å². The van der Waals surface area contributed by atoms with Gasteiger partial charge in [-0.3, -0.25) is 0 Å². The molecule has 5 heteroatoms. The fraction of sp³-hybridized carbons (Fsp3) is 0.786. The van der Waals surface area contributed by atoms with Crippen LogP contribution in [0.5, 0.6) is 0 Å². The van der Waals surface area contributed by atoms with Crippen LogP contribution in [0, 0.1) is 5.92 Å². The average Bonchev–Trinajstić information content (AvgIpc) is 2.75. The van der Waals surface area contributed by atoms with E-state index in [0.29, 0.717) is 0 Å². The van der Waals surface area contributed by atoms with E-state index in [9.17, 15) is 4.79 Å². The van der Waals surface area contributed by atoms with Crippen molar-refractivity contribution in [2.24, 2.45) is 5.92 Å². The molecule has 2 aliphatic heterocycles. The summed E-state index contributed by atoms with van der Waals surface area (Å²) in [5, 5.41) is 2.90. The fourth-order valence-electron chi connectivity index (χ4n) is 3.52. The van der Waals surface area contributed by atoms with Gasteiger partial charge in [0.2, 0.25) is 0 Å². The Morgan fingerprint density at radius 2 is 2.05 bits per heavy atom. The van der Waals surface area contributed by atoms with Gasteiger partial charge in [0.15, 0.2) is 5.79 Å². The van der Waals surface area contributed by atoms with Gasteiger partial charge >= 0.3 is 6.09 Å². The largest absolute Gasteiger partial charge is 0.444 e. The van der Waals surface area contributed by atoms with Crippen LogP contribution in [0.25, 0.3) is 0 Å². The molecule has 0 bridgehead atoms. The normalized spacial score (nSPS) is 44.7. The molecular formula is C14H21NO4. The second kappa shape index (κ2) is 4.21. The van der Waals surface area contributed by atoms with Crippen molar-refractivity contribution in [3.05, 3.63) is 12.2 Å². The molecular weight excluding hydrogens is 246 g/mol. The van der Waals surface area contributed by atoms with Crippen molar-refractivity contribution in [3.63, 3.8) is 0 Å². The van der Waals surface area contributed by atoms with Gasteiger partial charge in [0.25, 0.3) is 0 Å². The van der Waals surface area contributed by atoms with E-state index in [-0.39, 0.29) is 36.4 Å². The molecule has 2 saturated heterocycles. The van der Waals surface area contributed by atoms with Crippen molar-refractivity contribution in [3.8, 4) is 0 Å². The number of hydrogen-bond acceptors (Lipinski definition) is 4. The lowest BCUT2D eigenvalue weighted by Crippen LogP contribution is -2.49. The van der Waals surface area contributed by atoms with Gasteiger partial charge in [-0.15, -0.1) is 0 Å². The number of alkyl carbamates (subject to hydrolysis) is 1. The molecule has 0 radical (unpaired) electrons. The van der Waals surface area contributed by atoms with E-state index in [4.69, 9.17) is 14.2 Å². The van der Waals surface area contributed by atoms with Crippen LogP contribution in [0.2, 0.25) is 0 Å². The SMILES string of the molecule is C=C1C[C@H]([C@H]2NC(=O)O[C@@H]2C)[C@H]2OC(C)(C)O[C@@H]2C1. The van der Waals surface area contributed by atoms with Crippen LogP contribution < -0.4 is 5.32 Å². The second-order valence-corrected chi connectivity index (χ2v) is 6.24. The van der Waals surface area contributed by atoms with Crippen LogP contribution in [0.3, 0.4) is 0 Å². The summed E-state index contributed by atoms with van der Waals surface area (Å²) in [5.74, 6) is -0.403. The Hall–Kier alpha value is -1.07. The van der Waals surface area contributed by atoms with Gasteiger partial charge in [0, 0.05) is 5.92 Å². The highest BCUT2D eigenvalue weighted by Gasteiger charge is 2.52. The van der Waals surface area contributed by atoms with Gasteiger partial charge in [-0.05, 0) is 33.6 Å². The van der Waals surface area contributed by atoms with Crippen molar-refractivity contribution in [1.29, 1.82) is 0 Å². The number of carbonyl (C=O) groups is 1. The Morgan fingerprint density at radius 3 is 2.68 bits per heavy atom. The molecule has 0 aromatic carbocycles. The summed E-state index contributed by atoms with van der Waals surface area (Å²) in [6.07, 6.45) is 1.22. The van der Waals surface area contributed by atoms with E-state index in [1.165, 1.54) is 0 Å². The molecule has 0 unspecified atom stereocenters. The molecule has 5 atom stereocenters. The van der Waals surface area contributed by atoms with Crippen molar-refractivity contribution in [1.82, 2.24) is 5.32 Å². The molecule has 0 spiro atoms. The molecule has 1 saturated carbocycles. The first-order chi connectivity index (χ1) is 8.85. The zero-order valence-corrected chi connectivity index (χ0v) is 11.6. The van der Waals surface area contributed by atoms with E-state index in [1.54, 1.807) is 0 Å². The summed E-state index contributed by atoms with van der Waals surface area (Å²) in [4.78, 5) is 11.4. The molecule has 106 valence electrons. The third-order valence-corrected chi connectivity index (χ3v) is 4.20. The Morgan fingerprint density at radius 1 is 1.32 bits per heavy atom. The van der Waals surface area contributed by atoms with E-state index < -0.39 is 5.79 Å². The van der Waals surface area contributed by atoms with Crippen molar-refractivity contribution < 1.29 is 19.0 Å². The first kappa shape index (κ1) is 12.9. The number of hydrogen-bond donors (Lipinski definition) is 1. The number of cyclic esters (lactones) is 1. The Kier molecular flexibility index (Phi) is 2.87. The highest BCUT2D eigenvalue weighted by Crippen LogP contribution is 2.43. The molecule has 0 aromatic heterocycles. The van der Waals surface area contributed by atoms with Crippen LogP contribution in [-0.4, -0.2) is 36.2 Å². The van der Waals surface area contributed by atoms with Crippen LogP contribution in [0.1, 0.15) is 33.6 Å². The van der Waals surface area contributed by atoms with Gasteiger partial charge in [0.05, 0.1) is 18.2 Å². The first-order valence-corrected chi connectivity index (χ1v) is 6.85. The lowest BCUT2D eigenvalue weighted by atomic mass is 9.76. The molecule has 2 heterocycles. The lowest BCUT2D eigenvalue weighted by molar-refractivity contribution is -0.150. The van der Waals surface area contributed by atoms with Crippen LogP contribution in [0.4, 0.5) is 4.79 Å².